The van der Waals surface area contributed by atoms with E-state index >= 15 is 0 Å². The van der Waals surface area contributed by atoms with Crippen LogP contribution in [0.2, 0.25) is 0 Å². The molecule has 0 saturated carbocycles. The number of carbonyl (C=O) groups excluding carboxylic acids is 1. The third-order valence-corrected chi connectivity index (χ3v) is 3.20. The summed E-state index contributed by atoms with van der Waals surface area (Å²) in [6.07, 6.45) is 0.299. The number of carbonyl (C=O) groups is 1. The molecule has 1 saturated heterocycles. The first-order chi connectivity index (χ1) is 9.10. The highest BCUT2D eigenvalue weighted by molar-refractivity contribution is 5.79. The maximum absolute atomic E-state index is 12.2. The van der Waals surface area contributed by atoms with E-state index in [4.69, 9.17) is 9.47 Å². The average molecular weight is 265 g/mol. The van der Waals surface area contributed by atoms with Crippen molar-refractivity contribution in [1.29, 1.82) is 0 Å². The molecule has 1 aliphatic heterocycles. The minimum absolute atomic E-state index is 0.0269. The number of phenolic OH excluding ortho intramolecular Hbond substituents is 1. The summed E-state index contributed by atoms with van der Waals surface area (Å²) in [6.45, 7) is 3.75. The van der Waals surface area contributed by atoms with Crippen LogP contribution in [0.15, 0.2) is 18.2 Å². The van der Waals surface area contributed by atoms with E-state index in [1.807, 2.05) is 6.92 Å². The second kappa shape index (κ2) is 5.93. The summed E-state index contributed by atoms with van der Waals surface area (Å²) in [6, 6.07) is 4.78. The van der Waals surface area contributed by atoms with Crippen molar-refractivity contribution in [3.05, 3.63) is 23.8 Å². The highest BCUT2D eigenvalue weighted by Crippen LogP contribution is 2.24. The molecular formula is C14H19NO4. The first kappa shape index (κ1) is 13.7. The number of nitrogens with zero attached hydrogens (tertiary/aromatic N) is 1. The molecule has 1 amide bonds. The summed E-state index contributed by atoms with van der Waals surface area (Å²) < 4.78 is 10.6. The Morgan fingerprint density at radius 1 is 1.58 bits per heavy atom. The summed E-state index contributed by atoms with van der Waals surface area (Å²) in [5.41, 5.74) is 0.701. The molecule has 5 heteroatoms. The SMILES string of the molecule is COc1ccc(O)cc1CC(=O)N1CCO[C@H](C)C1. The first-order valence-corrected chi connectivity index (χ1v) is 6.35. The molecule has 0 radical (unpaired) electrons. The molecule has 0 unspecified atom stereocenters. The molecule has 0 aromatic heterocycles. The third-order valence-electron chi connectivity index (χ3n) is 3.20. The van der Waals surface area contributed by atoms with Crippen LogP contribution in [-0.2, 0) is 16.0 Å². The van der Waals surface area contributed by atoms with Gasteiger partial charge in [0.1, 0.15) is 11.5 Å². The van der Waals surface area contributed by atoms with Gasteiger partial charge in [0.2, 0.25) is 5.91 Å². The van der Waals surface area contributed by atoms with Crippen LogP contribution in [-0.4, -0.2) is 48.8 Å². The largest absolute Gasteiger partial charge is 0.508 e. The lowest BCUT2D eigenvalue weighted by Crippen LogP contribution is -2.45. The normalized spacial score (nSPS) is 19.3. The quantitative estimate of drug-likeness (QED) is 0.892. The summed E-state index contributed by atoms with van der Waals surface area (Å²) in [7, 11) is 1.55. The maximum atomic E-state index is 12.2. The van der Waals surface area contributed by atoms with Crippen LogP contribution in [0.3, 0.4) is 0 Å². The molecular weight excluding hydrogens is 246 g/mol. The van der Waals surface area contributed by atoms with E-state index in [0.29, 0.717) is 31.0 Å². The molecule has 1 atom stereocenters. The zero-order chi connectivity index (χ0) is 13.8. The molecule has 104 valence electrons. The summed E-state index contributed by atoms with van der Waals surface area (Å²) >= 11 is 0. The van der Waals surface area contributed by atoms with Gasteiger partial charge in [-0.25, -0.2) is 0 Å². The standard InChI is InChI=1S/C14H19NO4/c1-10-9-15(5-6-19-10)14(17)8-11-7-12(16)3-4-13(11)18-2/h3-4,7,10,16H,5-6,8-9H2,1-2H3/t10-/m1/s1. The summed E-state index contributed by atoms with van der Waals surface area (Å²) in [5.74, 6) is 0.783. The Hall–Kier alpha value is -1.75. The van der Waals surface area contributed by atoms with Crippen molar-refractivity contribution >= 4 is 5.91 Å². The van der Waals surface area contributed by atoms with Crippen molar-refractivity contribution in [1.82, 2.24) is 4.90 Å². The van der Waals surface area contributed by atoms with Crippen molar-refractivity contribution < 1.29 is 19.4 Å². The second-order valence-corrected chi connectivity index (χ2v) is 4.69. The molecule has 1 fully saturated rings. The molecule has 0 aliphatic carbocycles. The van der Waals surface area contributed by atoms with Gasteiger partial charge in [-0.1, -0.05) is 0 Å². The Morgan fingerprint density at radius 2 is 2.37 bits per heavy atom. The zero-order valence-electron chi connectivity index (χ0n) is 11.3. The Labute approximate surface area is 112 Å². The predicted molar refractivity (Wildman–Crippen MR) is 70.4 cm³/mol. The topological polar surface area (TPSA) is 59.0 Å². The molecule has 1 heterocycles. The lowest BCUT2D eigenvalue weighted by Gasteiger charge is -2.31. The number of aromatic hydroxyl groups is 1. The van der Waals surface area contributed by atoms with E-state index in [-0.39, 0.29) is 24.2 Å². The van der Waals surface area contributed by atoms with Crippen LogP contribution in [0, 0.1) is 0 Å². The van der Waals surface area contributed by atoms with E-state index in [9.17, 15) is 9.90 Å². The van der Waals surface area contributed by atoms with Gasteiger partial charge in [0, 0.05) is 18.7 Å². The fourth-order valence-corrected chi connectivity index (χ4v) is 2.22. The molecule has 1 aromatic rings. The molecule has 1 aliphatic rings. The molecule has 1 N–H and O–H groups in total. The smallest absolute Gasteiger partial charge is 0.227 e. The van der Waals surface area contributed by atoms with Gasteiger partial charge < -0.3 is 19.5 Å². The average Bonchev–Trinajstić information content (AvgIpc) is 2.39. The van der Waals surface area contributed by atoms with E-state index in [1.54, 1.807) is 30.2 Å². The van der Waals surface area contributed by atoms with Gasteiger partial charge in [0.15, 0.2) is 0 Å². The Morgan fingerprint density at radius 3 is 3.05 bits per heavy atom. The van der Waals surface area contributed by atoms with Crippen LogP contribution in [0.4, 0.5) is 0 Å². The van der Waals surface area contributed by atoms with E-state index < -0.39 is 0 Å². The second-order valence-electron chi connectivity index (χ2n) is 4.69. The summed E-state index contributed by atoms with van der Waals surface area (Å²) in [5, 5.41) is 9.50. The minimum atomic E-state index is 0.0269. The minimum Gasteiger partial charge on any atom is -0.508 e. The van der Waals surface area contributed by atoms with E-state index in [2.05, 4.69) is 0 Å². The van der Waals surface area contributed by atoms with Crippen molar-refractivity contribution in [3.8, 4) is 11.5 Å². The van der Waals surface area contributed by atoms with Crippen LogP contribution < -0.4 is 4.74 Å². The fraction of sp³-hybridized carbons (Fsp3) is 0.500. The monoisotopic (exact) mass is 265 g/mol. The van der Waals surface area contributed by atoms with Crippen molar-refractivity contribution in [3.63, 3.8) is 0 Å². The number of rotatable bonds is 3. The number of morpholine rings is 1. The Bertz CT molecular complexity index is 461. The van der Waals surface area contributed by atoms with Crippen molar-refractivity contribution in [2.45, 2.75) is 19.4 Å². The van der Waals surface area contributed by atoms with Crippen LogP contribution in [0.1, 0.15) is 12.5 Å². The van der Waals surface area contributed by atoms with E-state index in [1.165, 1.54) is 0 Å². The van der Waals surface area contributed by atoms with Crippen molar-refractivity contribution in [2.24, 2.45) is 0 Å². The zero-order valence-corrected chi connectivity index (χ0v) is 11.3. The van der Waals surface area contributed by atoms with Crippen LogP contribution >= 0.6 is 0 Å². The van der Waals surface area contributed by atoms with Gasteiger partial charge in [-0.2, -0.15) is 0 Å². The Balaban J connectivity index is 2.07. The molecule has 1 aromatic carbocycles. The van der Waals surface area contributed by atoms with Gasteiger partial charge in [-0.3, -0.25) is 4.79 Å². The maximum Gasteiger partial charge on any atom is 0.227 e. The van der Waals surface area contributed by atoms with Gasteiger partial charge in [-0.05, 0) is 25.1 Å². The number of benzene rings is 1. The molecule has 0 bridgehead atoms. The molecule has 5 nitrogen and oxygen atoms in total. The molecule has 0 spiro atoms. The lowest BCUT2D eigenvalue weighted by molar-refractivity contribution is -0.137. The van der Waals surface area contributed by atoms with Gasteiger partial charge in [-0.15, -0.1) is 0 Å². The highest BCUT2D eigenvalue weighted by Gasteiger charge is 2.22. The van der Waals surface area contributed by atoms with E-state index in [0.717, 1.165) is 0 Å². The van der Waals surface area contributed by atoms with Crippen LogP contribution in [0.5, 0.6) is 11.5 Å². The van der Waals surface area contributed by atoms with Crippen LogP contribution in [0.25, 0.3) is 0 Å². The van der Waals surface area contributed by atoms with Gasteiger partial charge in [0.05, 0.1) is 26.2 Å². The number of methoxy groups -OCH3 is 1. The number of hydrogen-bond donors (Lipinski definition) is 1. The first-order valence-electron chi connectivity index (χ1n) is 6.35. The molecule has 19 heavy (non-hydrogen) atoms. The highest BCUT2D eigenvalue weighted by atomic mass is 16.5. The Kier molecular flexibility index (Phi) is 4.27. The number of phenols is 1. The van der Waals surface area contributed by atoms with Gasteiger partial charge in [0.25, 0.3) is 0 Å². The fourth-order valence-electron chi connectivity index (χ4n) is 2.22. The van der Waals surface area contributed by atoms with Crippen molar-refractivity contribution in [2.75, 3.05) is 26.8 Å². The summed E-state index contributed by atoms with van der Waals surface area (Å²) in [4.78, 5) is 14.0. The number of amides is 1. The predicted octanol–water partition coefficient (Wildman–Crippen LogP) is 1.19. The number of hydrogen-bond acceptors (Lipinski definition) is 4. The lowest BCUT2D eigenvalue weighted by atomic mass is 10.1. The number of ether oxygens (including phenoxy) is 2. The van der Waals surface area contributed by atoms with Gasteiger partial charge >= 0.3 is 0 Å². The molecule has 2 rings (SSSR count). The third kappa shape index (κ3) is 3.38.